The van der Waals surface area contributed by atoms with Gasteiger partial charge in [0, 0.05) is 26.3 Å². The van der Waals surface area contributed by atoms with Crippen molar-refractivity contribution in [2.45, 2.75) is 115 Å². The molecule has 1 aromatic rings. The number of nitrogens with two attached hydrogens (primary N) is 1. The lowest BCUT2D eigenvalue weighted by Gasteiger charge is -2.30. The summed E-state index contributed by atoms with van der Waals surface area (Å²) in [5, 5.41) is 25.2. The average molecular weight is 742 g/mol. The fraction of sp³-hybridized carbons (Fsp3) is 0.568. The molecule has 9 N–H and O–H groups in total. The molecule has 0 unspecified atom stereocenters. The highest BCUT2D eigenvalue weighted by Gasteiger charge is 2.34. The molecule has 0 saturated heterocycles. The summed E-state index contributed by atoms with van der Waals surface area (Å²) in [5.74, 6) is -6.27. The Kier molecular flexibility index (Phi) is 18.7. The molecule has 2 rings (SSSR count). The molecule has 0 aliphatic heterocycles. The Morgan fingerprint density at radius 3 is 1.91 bits per heavy atom. The van der Waals surface area contributed by atoms with Gasteiger partial charge in [-0.25, -0.2) is 4.79 Å². The van der Waals surface area contributed by atoms with Gasteiger partial charge in [-0.05, 0) is 42.7 Å². The first-order valence-corrected chi connectivity index (χ1v) is 18.0. The summed E-state index contributed by atoms with van der Waals surface area (Å²) in [6.45, 7) is 7.81. The minimum atomic E-state index is -1.44. The summed E-state index contributed by atoms with van der Waals surface area (Å²) in [6, 6.07) is 2.42. The molecule has 1 aromatic carbocycles. The van der Waals surface area contributed by atoms with E-state index in [0.29, 0.717) is 5.56 Å². The Bertz CT molecular complexity index is 1450. The third-order valence-electron chi connectivity index (χ3n) is 8.84. The van der Waals surface area contributed by atoms with Gasteiger partial charge in [0.25, 0.3) is 0 Å². The Morgan fingerprint density at radius 1 is 0.792 bits per heavy atom. The van der Waals surface area contributed by atoms with Crippen molar-refractivity contribution in [1.82, 2.24) is 31.9 Å². The van der Waals surface area contributed by atoms with Crippen molar-refractivity contribution in [2.75, 3.05) is 6.54 Å². The van der Waals surface area contributed by atoms with Crippen molar-refractivity contribution in [3.8, 4) is 0 Å². The molecule has 53 heavy (non-hydrogen) atoms. The van der Waals surface area contributed by atoms with Crippen LogP contribution in [0.3, 0.4) is 0 Å². The van der Waals surface area contributed by atoms with Crippen molar-refractivity contribution < 1.29 is 43.5 Å². The van der Waals surface area contributed by atoms with Gasteiger partial charge in [-0.15, -0.1) is 0 Å². The van der Waals surface area contributed by atoms with Crippen LogP contribution in [0.15, 0.2) is 43.0 Å². The fourth-order valence-corrected chi connectivity index (χ4v) is 6.11. The molecule has 292 valence electrons. The van der Waals surface area contributed by atoms with Crippen LogP contribution in [-0.2, 0) is 44.8 Å². The minimum absolute atomic E-state index is 0.00402. The van der Waals surface area contributed by atoms with Crippen molar-refractivity contribution in [3.05, 3.63) is 48.6 Å². The SMILES string of the molecule is C=CC(=O)NC[C@H](NC(=O)[C@H](CC1CCCCC1)NC(=O)[C@H](CCC(N)=O)NC(C)=O)C(=O)N[C@@H](CC(C)C)C(=O)N[C@@H](Cc1ccccc1)C(=O)O. The number of benzene rings is 1. The van der Waals surface area contributed by atoms with Crippen molar-refractivity contribution in [2.24, 2.45) is 17.6 Å². The number of amides is 7. The summed E-state index contributed by atoms with van der Waals surface area (Å²) >= 11 is 0. The van der Waals surface area contributed by atoms with Gasteiger partial charge in [0.15, 0.2) is 0 Å². The van der Waals surface area contributed by atoms with E-state index >= 15 is 0 Å². The molecule has 0 radical (unpaired) electrons. The first-order chi connectivity index (χ1) is 25.1. The number of primary amides is 1. The fourth-order valence-electron chi connectivity index (χ4n) is 6.11. The Hall–Kier alpha value is -5.28. The molecule has 1 fully saturated rings. The molecular formula is C37H55N7O9. The molecule has 1 saturated carbocycles. The van der Waals surface area contributed by atoms with Crippen LogP contribution in [0.5, 0.6) is 0 Å². The standard InChI is InChI=1S/C37H55N7O9/c1-5-32(47)39-21-30(36(51)41-27(18-22(2)3)34(49)43-29(37(52)53)20-25-14-10-7-11-15-25)44-35(50)28(19-24-12-8-6-9-13-24)42-33(48)26(40-23(4)45)16-17-31(38)46/h5,7,10-11,14-15,22,24,26-30H,1,6,8-9,12-13,16-21H2,2-4H3,(H2,38,46)(H,39,47)(H,40,45)(H,41,51)(H,42,48)(H,43,49)(H,44,50)(H,52,53)/t26-,27-,28-,29-,30-/m0/s1. The van der Waals surface area contributed by atoms with Gasteiger partial charge in [0.05, 0.1) is 0 Å². The van der Waals surface area contributed by atoms with Gasteiger partial charge < -0.3 is 42.7 Å². The highest BCUT2D eigenvalue weighted by molar-refractivity contribution is 5.96. The number of carbonyl (C=O) groups is 8. The van der Waals surface area contributed by atoms with Gasteiger partial charge in [-0.1, -0.05) is 82.9 Å². The second-order valence-electron chi connectivity index (χ2n) is 13.8. The monoisotopic (exact) mass is 741 g/mol. The van der Waals surface area contributed by atoms with E-state index in [2.05, 4.69) is 38.5 Å². The number of hydrogen-bond acceptors (Lipinski definition) is 8. The van der Waals surface area contributed by atoms with Crippen molar-refractivity contribution in [3.63, 3.8) is 0 Å². The Balaban J connectivity index is 2.34. The van der Waals surface area contributed by atoms with Crippen molar-refractivity contribution in [1.29, 1.82) is 0 Å². The second kappa shape index (κ2) is 22.6. The molecule has 0 aromatic heterocycles. The molecule has 0 spiro atoms. The summed E-state index contributed by atoms with van der Waals surface area (Å²) in [4.78, 5) is 102. The van der Waals surface area contributed by atoms with Crippen molar-refractivity contribution >= 4 is 47.3 Å². The van der Waals surface area contributed by atoms with Gasteiger partial charge >= 0.3 is 5.97 Å². The summed E-state index contributed by atoms with van der Waals surface area (Å²) in [6.07, 6.45) is 5.52. The maximum Gasteiger partial charge on any atom is 0.326 e. The maximum absolute atomic E-state index is 13.9. The summed E-state index contributed by atoms with van der Waals surface area (Å²) in [7, 11) is 0. The average Bonchev–Trinajstić information content (AvgIpc) is 3.10. The van der Waals surface area contributed by atoms with Crippen LogP contribution in [0.2, 0.25) is 0 Å². The lowest BCUT2D eigenvalue weighted by Crippen LogP contribution is -2.61. The van der Waals surface area contributed by atoms with Crippen LogP contribution in [0.4, 0.5) is 0 Å². The second-order valence-corrected chi connectivity index (χ2v) is 13.8. The molecule has 7 amide bonds. The van der Waals surface area contributed by atoms with E-state index < -0.39 is 84.1 Å². The summed E-state index contributed by atoms with van der Waals surface area (Å²) in [5.41, 5.74) is 5.94. The molecule has 1 aliphatic rings. The first-order valence-electron chi connectivity index (χ1n) is 18.0. The predicted molar refractivity (Wildman–Crippen MR) is 195 cm³/mol. The number of nitrogens with one attached hydrogen (secondary N) is 6. The molecule has 1 aliphatic carbocycles. The number of carbonyl (C=O) groups excluding carboxylic acids is 7. The van der Waals surface area contributed by atoms with Crippen LogP contribution >= 0.6 is 0 Å². The van der Waals surface area contributed by atoms with E-state index in [1.54, 1.807) is 30.3 Å². The molecule has 16 heteroatoms. The summed E-state index contributed by atoms with van der Waals surface area (Å²) < 4.78 is 0. The number of carboxylic acid groups (broad SMARTS) is 1. The number of aliphatic carboxylic acids is 1. The highest BCUT2D eigenvalue weighted by Crippen LogP contribution is 2.27. The predicted octanol–water partition coefficient (Wildman–Crippen LogP) is 0.342. The van der Waals surface area contributed by atoms with E-state index in [1.165, 1.54) is 6.92 Å². The van der Waals surface area contributed by atoms with E-state index in [-0.39, 0.29) is 43.9 Å². The highest BCUT2D eigenvalue weighted by atomic mass is 16.4. The van der Waals surface area contributed by atoms with Crippen LogP contribution in [-0.4, -0.2) is 89.2 Å². The zero-order valence-electron chi connectivity index (χ0n) is 30.8. The molecule has 0 bridgehead atoms. The minimum Gasteiger partial charge on any atom is -0.480 e. The topological polar surface area (TPSA) is 255 Å². The van der Waals surface area contributed by atoms with E-state index in [9.17, 15) is 43.5 Å². The number of rotatable bonds is 22. The van der Waals surface area contributed by atoms with Gasteiger partial charge in [-0.2, -0.15) is 0 Å². The van der Waals surface area contributed by atoms with Crippen LogP contribution < -0.4 is 37.6 Å². The van der Waals surface area contributed by atoms with E-state index in [0.717, 1.165) is 38.2 Å². The smallest absolute Gasteiger partial charge is 0.326 e. The van der Waals surface area contributed by atoms with Gasteiger partial charge in [0.1, 0.15) is 30.2 Å². The van der Waals surface area contributed by atoms with Gasteiger partial charge in [-0.3, -0.25) is 33.6 Å². The number of hydrogen-bond donors (Lipinski definition) is 8. The van der Waals surface area contributed by atoms with Crippen LogP contribution in [0.1, 0.15) is 84.1 Å². The largest absolute Gasteiger partial charge is 0.480 e. The molecule has 0 heterocycles. The molecular weight excluding hydrogens is 686 g/mol. The van der Waals surface area contributed by atoms with E-state index in [4.69, 9.17) is 5.73 Å². The maximum atomic E-state index is 13.9. The van der Waals surface area contributed by atoms with Gasteiger partial charge in [0.2, 0.25) is 41.4 Å². The normalized spacial score (nSPS) is 15.7. The third-order valence-corrected chi connectivity index (χ3v) is 8.84. The molecule has 5 atom stereocenters. The lowest BCUT2D eigenvalue weighted by atomic mass is 9.84. The number of carboxylic acids is 1. The van der Waals surface area contributed by atoms with Crippen LogP contribution in [0.25, 0.3) is 0 Å². The zero-order chi connectivity index (χ0) is 39.5. The Labute approximate surface area is 310 Å². The third kappa shape index (κ3) is 16.7. The zero-order valence-corrected chi connectivity index (χ0v) is 30.8. The Morgan fingerprint density at radius 2 is 1.34 bits per heavy atom. The van der Waals surface area contributed by atoms with Crippen LogP contribution in [0, 0.1) is 11.8 Å². The molecule has 16 nitrogen and oxygen atoms in total. The van der Waals surface area contributed by atoms with E-state index in [1.807, 2.05) is 13.8 Å². The first kappa shape index (κ1) is 43.9. The quantitative estimate of drug-likeness (QED) is 0.0762. The lowest BCUT2D eigenvalue weighted by molar-refractivity contribution is -0.142.